The van der Waals surface area contributed by atoms with E-state index in [1.807, 2.05) is 0 Å². The van der Waals surface area contributed by atoms with Gasteiger partial charge in [0, 0.05) is 31.6 Å². The summed E-state index contributed by atoms with van der Waals surface area (Å²) < 4.78 is 44.3. The summed E-state index contributed by atoms with van der Waals surface area (Å²) in [5.41, 5.74) is 0.455. The Morgan fingerprint density at radius 3 is 2.52 bits per heavy atom. The molecule has 0 atom stereocenters. The van der Waals surface area contributed by atoms with Crippen molar-refractivity contribution in [2.45, 2.75) is 19.6 Å². The summed E-state index contributed by atoms with van der Waals surface area (Å²) in [6.45, 7) is 4.00. The maximum atomic E-state index is 12.9. The van der Waals surface area contributed by atoms with E-state index in [0.29, 0.717) is 55.0 Å². The minimum atomic E-state index is -4.38. The molecule has 1 amide bonds. The molecule has 0 unspecified atom stereocenters. The summed E-state index contributed by atoms with van der Waals surface area (Å²) >= 11 is 0. The number of fused-ring (bicyclic) bond motifs is 1. The molecule has 2 heterocycles. The van der Waals surface area contributed by atoms with Gasteiger partial charge in [0.15, 0.2) is 0 Å². The fraction of sp³-hybridized carbons (Fsp3) is 0.471. The largest absolute Gasteiger partial charge is 0.459 e. The average molecular weight is 356 g/mol. The van der Waals surface area contributed by atoms with Crippen LogP contribution in [-0.2, 0) is 17.5 Å². The van der Waals surface area contributed by atoms with Gasteiger partial charge in [-0.1, -0.05) is 0 Å². The van der Waals surface area contributed by atoms with Crippen molar-refractivity contribution >= 4 is 16.9 Å². The molecule has 1 saturated heterocycles. The van der Waals surface area contributed by atoms with E-state index < -0.39 is 18.3 Å². The molecule has 2 aromatic rings. The van der Waals surface area contributed by atoms with Crippen LogP contribution in [0.3, 0.4) is 0 Å². The van der Waals surface area contributed by atoms with E-state index in [-0.39, 0.29) is 5.91 Å². The van der Waals surface area contributed by atoms with E-state index in [9.17, 15) is 18.0 Å². The van der Waals surface area contributed by atoms with Crippen LogP contribution in [0.1, 0.15) is 16.9 Å². The molecule has 1 aromatic carbocycles. The van der Waals surface area contributed by atoms with Gasteiger partial charge in [0.1, 0.15) is 18.0 Å². The summed E-state index contributed by atoms with van der Waals surface area (Å²) in [6.07, 6.45) is -4.38. The minimum Gasteiger partial charge on any atom is -0.459 e. The number of halogens is 3. The van der Waals surface area contributed by atoms with E-state index in [4.69, 9.17) is 9.52 Å². The van der Waals surface area contributed by atoms with Crippen LogP contribution in [0.15, 0.2) is 22.6 Å². The first-order valence-electron chi connectivity index (χ1n) is 8.00. The lowest BCUT2D eigenvalue weighted by Crippen LogP contribution is -2.49. The third-order valence-electron chi connectivity index (χ3n) is 4.59. The molecule has 1 fully saturated rings. The molecule has 8 heteroatoms. The first kappa shape index (κ1) is 17.8. The fourth-order valence-corrected chi connectivity index (χ4v) is 3.06. The van der Waals surface area contributed by atoms with Crippen molar-refractivity contribution in [3.63, 3.8) is 0 Å². The van der Waals surface area contributed by atoms with Crippen molar-refractivity contribution in [3.8, 4) is 0 Å². The quantitative estimate of drug-likeness (QED) is 0.918. The first-order chi connectivity index (χ1) is 11.8. The van der Waals surface area contributed by atoms with Gasteiger partial charge >= 0.3 is 6.18 Å². The van der Waals surface area contributed by atoms with E-state index in [1.165, 1.54) is 6.07 Å². The number of piperazine rings is 1. The Hall–Kier alpha value is -2.06. The normalized spacial score (nSPS) is 16.6. The van der Waals surface area contributed by atoms with E-state index in [0.717, 1.165) is 12.1 Å². The van der Waals surface area contributed by atoms with Crippen molar-refractivity contribution in [3.05, 3.63) is 35.1 Å². The Morgan fingerprint density at radius 1 is 1.24 bits per heavy atom. The van der Waals surface area contributed by atoms with Crippen LogP contribution in [-0.4, -0.2) is 53.6 Å². The highest BCUT2D eigenvalue weighted by Gasteiger charge is 2.31. The zero-order valence-corrected chi connectivity index (χ0v) is 13.8. The number of hydrogen-bond donors (Lipinski definition) is 1. The number of carbonyl (C=O) groups is 1. The molecule has 136 valence electrons. The van der Waals surface area contributed by atoms with Gasteiger partial charge in [-0.2, -0.15) is 13.2 Å². The molecule has 25 heavy (non-hydrogen) atoms. The van der Waals surface area contributed by atoms with Crippen LogP contribution in [0.25, 0.3) is 11.0 Å². The Morgan fingerprint density at radius 2 is 1.92 bits per heavy atom. The fourth-order valence-electron chi connectivity index (χ4n) is 3.06. The molecule has 0 saturated carbocycles. The molecular weight excluding hydrogens is 337 g/mol. The zero-order chi connectivity index (χ0) is 18.2. The summed E-state index contributed by atoms with van der Waals surface area (Å²) in [7, 11) is 0. The number of carbonyl (C=O) groups excluding carboxylic acids is 1. The molecule has 5 nitrogen and oxygen atoms in total. The van der Waals surface area contributed by atoms with Gasteiger partial charge in [-0.25, -0.2) is 0 Å². The van der Waals surface area contributed by atoms with Crippen LogP contribution < -0.4 is 0 Å². The zero-order valence-electron chi connectivity index (χ0n) is 13.8. The lowest BCUT2D eigenvalue weighted by molar-refractivity contribution is -0.137. The molecule has 1 N–H and O–H groups in total. The summed E-state index contributed by atoms with van der Waals surface area (Å²) in [4.78, 5) is 15.1. The highest BCUT2D eigenvalue weighted by molar-refractivity contribution is 5.83. The number of furan rings is 1. The Bertz CT molecular complexity index is 777. The highest BCUT2D eigenvalue weighted by Crippen LogP contribution is 2.34. The monoisotopic (exact) mass is 356 g/mol. The number of benzene rings is 1. The van der Waals surface area contributed by atoms with Crippen molar-refractivity contribution in [2.75, 3.05) is 32.8 Å². The Kier molecular flexibility index (Phi) is 4.75. The summed E-state index contributed by atoms with van der Waals surface area (Å²) in [5, 5.41) is 9.36. The number of rotatable bonds is 3. The van der Waals surface area contributed by atoms with Gasteiger partial charge in [0.05, 0.1) is 12.1 Å². The SMILES string of the molecule is Cc1c(CN2CCN(C(=O)CO)CC2)oc2ccc(C(F)(F)F)cc12. The lowest BCUT2D eigenvalue weighted by atomic mass is 10.1. The molecule has 1 aromatic heterocycles. The molecule has 3 rings (SSSR count). The summed E-state index contributed by atoms with van der Waals surface area (Å²) in [5.74, 6) is 0.343. The van der Waals surface area contributed by atoms with Crippen molar-refractivity contribution < 1.29 is 27.5 Å². The van der Waals surface area contributed by atoms with Crippen LogP contribution in [0, 0.1) is 6.92 Å². The molecular formula is C17H19F3N2O3. The Labute approximate surface area is 142 Å². The van der Waals surface area contributed by atoms with Crippen molar-refractivity contribution in [1.29, 1.82) is 0 Å². The number of aliphatic hydroxyl groups excluding tert-OH is 1. The van der Waals surface area contributed by atoms with E-state index in [2.05, 4.69) is 4.90 Å². The predicted octanol–water partition coefficient (Wildman–Crippen LogP) is 2.40. The van der Waals surface area contributed by atoms with Gasteiger partial charge in [0.25, 0.3) is 0 Å². The highest BCUT2D eigenvalue weighted by atomic mass is 19.4. The van der Waals surface area contributed by atoms with Crippen LogP contribution in [0.5, 0.6) is 0 Å². The van der Waals surface area contributed by atoms with Crippen LogP contribution in [0.4, 0.5) is 13.2 Å². The molecule has 0 spiro atoms. The number of nitrogens with zero attached hydrogens (tertiary/aromatic N) is 2. The third-order valence-corrected chi connectivity index (χ3v) is 4.59. The molecule has 0 aliphatic carbocycles. The van der Waals surface area contributed by atoms with Crippen LogP contribution in [0.2, 0.25) is 0 Å². The predicted molar refractivity (Wildman–Crippen MR) is 84.9 cm³/mol. The number of aryl methyl sites for hydroxylation is 1. The Balaban J connectivity index is 1.74. The van der Waals surface area contributed by atoms with Crippen molar-refractivity contribution in [2.24, 2.45) is 0 Å². The molecule has 0 bridgehead atoms. The second-order valence-corrected chi connectivity index (χ2v) is 6.17. The van der Waals surface area contributed by atoms with Crippen LogP contribution >= 0.6 is 0 Å². The van der Waals surface area contributed by atoms with Gasteiger partial charge < -0.3 is 14.4 Å². The van der Waals surface area contributed by atoms with E-state index >= 15 is 0 Å². The lowest BCUT2D eigenvalue weighted by Gasteiger charge is -2.34. The molecule has 0 radical (unpaired) electrons. The van der Waals surface area contributed by atoms with Gasteiger partial charge in [-0.15, -0.1) is 0 Å². The maximum absolute atomic E-state index is 12.9. The number of hydrogen-bond acceptors (Lipinski definition) is 4. The van der Waals surface area contributed by atoms with Gasteiger partial charge in [0.2, 0.25) is 5.91 Å². The topological polar surface area (TPSA) is 56.9 Å². The maximum Gasteiger partial charge on any atom is 0.416 e. The van der Waals surface area contributed by atoms with Gasteiger partial charge in [-0.3, -0.25) is 9.69 Å². The number of amides is 1. The van der Waals surface area contributed by atoms with Crippen molar-refractivity contribution in [1.82, 2.24) is 9.80 Å². The standard InChI is InChI=1S/C17H19F3N2O3/c1-11-13-8-12(17(18,19)20)2-3-14(13)25-15(11)9-21-4-6-22(7-5-21)16(24)10-23/h2-3,8,23H,4-7,9-10H2,1H3. The number of alkyl halides is 3. The van der Waals surface area contributed by atoms with Gasteiger partial charge in [-0.05, 0) is 30.7 Å². The minimum absolute atomic E-state index is 0.292. The molecule has 1 aliphatic heterocycles. The second kappa shape index (κ2) is 6.68. The average Bonchev–Trinajstić information content (AvgIpc) is 2.89. The molecule has 1 aliphatic rings. The third kappa shape index (κ3) is 3.64. The first-order valence-corrected chi connectivity index (χ1v) is 8.00. The smallest absolute Gasteiger partial charge is 0.416 e. The summed E-state index contributed by atoms with van der Waals surface area (Å²) in [6, 6.07) is 3.50. The second-order valence-electron chi connectivity index (χ2n) is 6.17. The number of aliphatic hydroxyl groups is 1. The van der Waals surface area contributed by atoms with E-state index in [1.54, 1.807) is 11.8 Å².